The second kappa shape index (κ2) is 11.8. The summed E-state index contributed by atoms with van der Waals surface area (Å²) in [5.41, 5.74) is -1.96. The number of hydrogen-bond donors (Lipinski definition) is 3. The van der Waals surface area contributed by atoms with Gasteiger partial charge in [-0.1, -0.05) is 11.6 Å². The van der Waals surface area contributed by atoms with Crippen molar-refractivity contribution >= 4 is 49.3 Å². The third kappa shape index (κ3) is 8.75. The molecule has 2 rings (SSSR count). The lowest BCUT2D eigenvalue weighted by atomic mass is 10.1. The van der Waals surface area contributed by atoms with Crippen LogP contribution in [0.25, 0.3) is 0 Å². The summed E-state index contributed by atoms with van der Waals surface area (Å²) in [6.07, 6.45) is -9.32. The molecule has 0 aromatic heterocycles. The van der Waals surface area contributed by atoms with Gasteiger partial charge in [0.05, 0.1) is 20.9 Å². The van der Waals surface area contributed by atoms with E-state index in [4.69, 9.17) is 11.6 Å². The van der Waals surface area contributed by atoms with Crippen LogP contribution in [-0.4, -0.2) is 40.8 Å². The molecule has 0 saturated heterocycles. The van der Waals surface area contributed by atoms with Crippen LogP contribution in [0.2, 0.25) is 5.02 Å². The first-order chi connectivity index (χ1) is 16.9. The minimum atomic E-state index is -5.30. The summed E-state index contributed by atoms with van der Waals surface area (Å²) in [5, 5.41) is 0.220. The number of thioether (sulfide) groups is 1. The van der Waals surface area contributed by atoms with Crippen LogP contribution in [0.4, 0.5) is 26.3 Å². The Labute approximate surface area is 217 Å². The fraction of sp³-hybridized carbons (Fsp3) is 0.316. The summed E-state index contributed by atoms with van der Waals surface area (Å²) in [6.45, 7) is 0. The molecule has 2 aromatic carbocycles. The quantitative estimate of drug-likeness (QED) is 0.277. The summed E-state index contributed by atoms with van der Waals surface area (Å²) in [6, 6.07) is 2.67. The fourth-order valence-electron chi connectivity index (χ4n) is 2.69. The van der Waals surface area contributed by atoms with Crippen molar-refractivity contribution in [3.8, 4) is 0 Å². The molecule has 2 aromatic rings. The van der Waals surface area contributed by atoms with Gasteiger partial charge in [0.2, 0.25) is 10.0 Å². The molecule has 0 aliphatic rings. The van der Waals surface area contributed by atoms with E-state index in [0.717, 1.165) is 23.9 Å². The van der Waals surface area contributed by atoms with Crippen molar-refractivity contribution in [3.63, 3.8) is 0 Å². The van der Waals surface area contributed by atoms with Crippen LogP contribution in [-0.2, 0) is 37.2 Å². The zero-order valence-corrected chi connectivity index (χ0v) is 21.7. The number of hydrogen-bond acceptors (Lipinski definition) is 6. The molecule has 0 heterocycles. The summed E-state index contributed by atoms with van der Waals surface area (Å²) in [7, 11) is -9.46. The van der Waals surface area contributed by atoms with Crippen LogP contribution in [0, 0.1) is 0 Å². The molecule has 8 nitrogen and oxygen atoms in total. The molecule has 3 N–H and O–H groups in total. The Hall–Kier alpha value is -2.05. The first kappa shape index (κ1) is 31.2. The fourth-order valence-corrected chi connectivity index (χ4v) is 5.44. The van der Waals surface area contributed by atoms with Crippen molar-refractivity contribution in [2.75, 3.05) is 12.0 Å². The summed E-state index contributed by atoms with van der Waals surface area (Å²) < 4.78 is 131. The van der Waals surface area contributed by atoms with E-state index in [1.807, 2.05) is 0 Å². The maximum atomic E-state index is 13.1. The molecule has 1 amide bonds. The number of halogens is 7. The Kier molecular flexibility index (Phi) is 9.92. The minimum Gasteiger partial charge on any atom is -0.276 e. The lowest BCUT2D eigenvalue weighted by molar-refractivity contribution is -0.143. The Balaban J connectivity index is 2.34. The Morgan fingerprint density at radius 3 is 1.86 bits per heavy atom. The van der Waals surface area contributed by atoms with Gasteiger partial charge in [-0.2, -0.15) is 42.8 Å². The number of carbonyl (C=O) groups is 1. The molecule has 0 radical (unpaired) electrons. The Morgan fingerprint density at radius 1 is 0.892 bits per heavy atom. The Bertz CT molecular complexity index is 1300. The normalized spacial score (nSPS) is 13.8. The van der Waals surface area contributed by atoms with Crippen molar-refractivity contribution in [3.05, 3.63) is 58.6 Å². The zero-order chi connectivity index (χ0) is 28.2. The summed E-state index contributed by atoms with van der Waals surface area (Å²) in [5.74, 6) is -1.15. The van der Waals surface area contributed by atoms with E-state index < -0.39 is 60.4 Å². The highest BCUT2D eigenvalue weighted by atomic mass is 35.5. The summed E-state index contributed by atoms with van der Waals surface area (Å²) >= 11 is 6.82. The molecular weight excluding hydrogens is 596 g/mol. The van der Waals surface area contributed by atoms with Crippen molar-refractivity contribution < 1.29 is 48.0 Å². The van der Waals surface area contributed by atoms with E-state index >= 15 is 0 Å². The highest BCUT2D eigenvalue weighted by Gasteiger charge is 2.39. The van der Waals surface area contributed by atoms with Gasteiger partial charge < -0.3 is 0 Å². The molecule has 0 fully saturated rings. The van der Waals surface area contributed by atoms with E-state index in [-0.39, 0.29) is 40.3 Å². The van der Waals surface area contributed by atoms with Crippen molar-refractivity contribution in [2.45, 2.75) is 34.6 Å². The van der Waals surface area contributed by atoms with Gasteiger partial charge in [0.1, 0.15) is 6.04 Å². The predicted octanol–water partition coefficient (Wildman–Crippen LogP) is 3.79. The van der Waals surface area contributed by atoms with Crippen LogP contribution in [0.15, 0.2) is 52.3 Å². The molecule has 0 unspecified atom stereocenters. The molecule has 0 saturated carbocycles. The van der Waals surface area contributed by atoms with Gasteiger partial charge in [0, 0.05) is 5.02 Å². The maximum absolute atomic E-state index is 13.1. The van der Waals surface area contributed by atoms with Crippen LogP contribution < -0.4 is 15.0 Å². The van der Waals surface area contributed by atoms with Crippen molar-refractivity contribution in [1.82, 2.24) is 15.0 Å². The molecular formula is C19H18ClF6N3O5S3. The average molecular weight is 614 g/mol. The van der Waals surface area contributed by atoms with Gasteiger partial charge in [-0.25, -0.2) is 16.8 Å². The van der Waals surface area contributed by atoms with Gasteiger partial charge in [-0.05, 0) is 60.9 Å². The molecule has 1 atom stereocenters. The zero-order valence-electron chi connectivity index (χ0n) is 18.4. The second-order valence-corrected chi connectivity index (χ2v) is 12.1. The van der Waals surface area contributed by atoms with E-state index in [0.29, 0.717) is 0 Å². The highest BCUT2D eigenvalue weighted by molar-refractivity contribution is 7.98. The maximum Gasteiger partial charge on any atom is 0.416 e. The van der Waals surface area contributed by atoms with Crippen molar-refractivity contribution in [2.24, 2.45) is 0 Å². The number of hydrazine groups is 1. The van der Waals surface area contributed by atoms with Gasteiger partial charge >= 0.3 is 12.4 Å². The first-order valence-electron chi connectivity index (χ1n) is 9.75. The van der Waals surface area contributed by atoms with E-state index in [9.17, 15) is 48.0 Å². The number of amides is 1. The lowest BCUT2D eigenvalue weighted by Gasteiger charge is -2.20. The Morgan fingerprint density at radius 2 is 1.41 bits per heavy atom. The average Bonchev–Trinajstić information content (AvgIpc) is 2.79. The SMILES string of the molecule is CSCC[C@H](NS(=O)(=O)c1cc(C(F)(F)F)cc(C(F)(F)F)c1)C(=O)NNS(=O)(=O)c1ccc(Cl)cc1. The molecule has 18 heteroatoms. The molecule has 0 bridgehead atoms. The van der Waals surface area contributed by atoms with Gasteiger partial charge in [-0.3, -0.25) is 10.2 Å². The number of alkyl halides is 6. The molecule has 0 spiro atoms. The van der Waals surface area contributed by atoms with Crippen LogP contribution in [0.5, 0.6) is 0 Å². The molecule has 37 heavy (non-hydrogen) atoms. The first-order valence-corrected chi connectivity index (χ1v) is 14.5. The van der Waals surface area contributed by atoms with Gasteiger partial charge in [0.15, 0.2) is 0 Å². The smallest absolute Gasteiger partial charge is 0.276 e. The number of benzene rings is 2. The number of sulfonamides is 2. The lowest BCUT2D eigenvalue weighted by Crippen LogP contribution is -2.52. The summed E-state index contributed by atoms with van der Waals surface area (Å²) in [4.78, 5) is 12.6. The minimum absolute atomic E-state index is 0.00957. The molecule has 206 valence electrons. The molecule has 0 aliphatic heterocycles. The van der Waals surface area contributed by atoms with Gasteiger partial charge in [-0.15, -0.1) is 4.83 Å². The number of rotatable bonds is 10. The number of nitrogens with one attached hydrogen (secondary N) is 3. The number of carbonyl (C=O) groups excluding carboxylic acids is 1. The van der Waals surface area contributed by atoms with E-state index in [1.54, 1.807) is 21.2 Å². The largest absolute Gasteiger partial charge is 0.416 e. The van der Waals surface area contributed by atoms with E-state index in [1.165, 1.54) is 12.1 Å². The highest BCUT2D eigenvalue weighted by Crippen LogP contribution is 2.37. The van der Waals surface area contributed by atoms with Crippen molar-refractivity contribution in [1.29, 1.82) is 0 Å². The predicted molar refractivity (Wildman–Crippen MR) is 123 cm³/mol. The second-order valence-electron chi connectivity index (χ2n) is 7.25. The third-order valence-corrected chi connectivity index (χ3v) is 8.14. The third-order valence-electron chi connectivity index (χ3n) is 4.53. The molecule has 0 aliphatic carbocycles. The van der Waals surface area contributed by atoms with E-state index in [2.05, 4.69) is 0 Å². The monoisotopic (exact) mass is 613 g/mol. The van der Waals surface area contributed by atoms with Crippen LogP contribution in [0.3, 0.4) is 0 Å². The topological polar surface area (TPSA) is 121 Å². The van der Waals surface area contributed by atoms with Crippen LogP contribution >= 0.6 is 23.4 Å². The standard InChI is InChI=1S/C19H18ClF6N3O5S3/c1-35-7-6-16(17(30)27-29-37(33,34)14-4-2-13(20)3-5-14)28-36(31,32)15-9-11(18(21,22)23)8-12(10-15)19(24,25)26/h2-5,8-10,16,28-29H,6-7H2,1H3,(H,27,30)/t16-/m0/s1. The van der Waals surface area contributed by atoms with Gasteiger partial charge in [0.25, 0.3) is 15.9 Å². The van der Waals surface area contributed by atoms with Crippen LogP contribution in [0.1, 0.15) is 17.5 Å².